The molecule has 16 heavy (non-hydrogen) atoms. The Morgan fingerprint density at radius 3 is 2.75 bits per heavy atom. The molecular weight excluding hydrogens is 202 g/mol. The van der Waals surface area contributed by atoms with Crippen LogP contribution in [0.4, 0.5) is 0 Å². The lowest BCUT2D eigenvalue weighted by molar-refractivity contribution is 0.0815. The topological polar surface area (TPSA) is 38.7 Å². The number of likely N-dealkylation sites (N-methyl/N-ethyl adjacent to an activating group) is 1. The third kappa shape index (κ3) is 2.94. The maximum atomic E-state index is 9.47. The fourth-order valence-corrected chi connectivity index (χ4v) is 2.95. The highest BCUT2D eigenvalue weighted by Gasteiger charge is 2.27. The second kappa shape index (κ2) is 5.45. The van der Waals surface area contributed by atoms with Gasteiger partial charge in [-0.2, -0.15) is 0 Å². The lowest BCUT2D eigenvalue weighted by Gasteiger charge is -2.40. The second-order valence-electron chi connectivity index (χ2n) is 5.23. The van der Waals surface area contributed by atoms with Crippen molar-refractivity contribution in [3.8, 4) is 0 Å². The molecular formula is C12H25N3O. The van der Waals surface area contributed by atoms with Gasteiger partial charge in [-0.15, -0.1) is 0 Å². The summed E-state index contributed by atoms with van der Waals surface area (Å²) in [5.74, 6) is 0. The van der Waals surface area contributed by atoms with Crippen LogP contribution < -0.4 is 5.32 Å². The van der Waals surface area contributed by atoms with Gasteiger partial charge < -0.3 is 10.4 Å². The van der Waals surface area contributed by atoms with Crippen LogP contribution in [0.1, 0.15) is 20.3 Å². The van der Waals surface area contributed by atoms with E-state index in [0.717, 1.165) is 26.1 Å². The van der Waals surface area contributed by atoms with Gasteiger partial charge in [0.25, 0.3) is 0 Å². The zero-order valence-electron chi connectivity index (χ0n) is 10.5. The van der Waals surface area contributed by atoms with Crippen LogP contribution in [0.15, 0.2) is 0 Å². The number of nitrogens with zero attached hydrogens (tertiary/aromatic N) is 2. The molecule has 0 aromatic rings. The quantitative estimate of drug-likeness (QED) is 0.696. The fraction of sp³-hybridized carbons (Fsp3) is 1.00. The fourth-order valence-electron chi connectivity index (χ4n) is 2.95. The first kappa shape index (κ1) is 12.3. The second-order valence-corrected chi connectivity index (χ2v) is 5.23. The van der Waals surface area contributed by atoms with Crippen LogP contribution in [0, 0.1) is 0 Å². The first-order chi connectivity index (χ1) is 7.69. The SMILES string of the molecule is CCN1CCN(CC2CC(O)CN2)CC1C. The molecule has 2 heterocycles. The van der Waals surface area contributed by atoms with Crippen LogP contribution in [-0.4, -0.2) is 72.4 Å². The summed E-state index contributed by atoms with van der Waals surface area (Å²) < 4.78 is 0. The number of β-amino-alcohol motifs (C(OH)–C–C–N with tert-alkyl or cyclic N) is 1. The molecule has 0 amide bonds. The van der Waals surface area contributed by atoms with Crippen molar-refractivity contribution in [2.45, 2.75) is 38.5 Å². The molecule has 2 aliphatic rings. The van der Waals surface area contributed by atoms with E-state index in [1.807, 2.05) is 0 Å². The summed E-state index contributed by atoms with van der Waals surface area (Å²) in [7, 11) is 0. The smallest absolute Gasteiger partial charge is 0.0680 e. The monoisotopic (exact) mass is 227 g/mol. The maximum absolute atomic E-state index is 9.47. The standard InChI is InChI=1S/C12H25N3O/c1-3-15-5-4-14(8-10(15)2)9-11-6-12(16)7-13-11/h10-13,16H,3-9H2,1-2H3. The zero-order valence-corrected chi connectivity index (χ0v) is 10.5. The normalized spacial score (nSPS) is 38.1. The molecule has 4 nitrogen and oxygen atoms in total. The first-order valence-electron chi connectivity index (χ1n) is 6.57. The van der Waals surface area contributed by atoms with Gasteiger partial charge in [0.15, 0.2) is 0 Å². The Labute approximate surface area is 98.6 Å². The maximum Gasteiger partial charge on any atom is 0.0680 e. The van der Waals surface area contributed by atoms with Crippen LogP contribution >= 0.6 is 0 Å². The van der Waals surface area contributed by atoms with E-state index in [1.54, 1.807) is 0 Å². The summed E-state index contributed by atoms with van der Waals surface area (Å²) in [4.78, 5) is 5.07. The molecule has 2 N–H and O–H groups in total. The number of hydrogen-bond donors (Lipinski definition) is 2. The molecule has 2 fully saturated rings. The van der Waals surface area contributed by atoms with Crippen LogP contribution in [0.2, 0.25) is 0 Å². The highest BCUT2D eigenvalue weighted by atomic mass is 16.3. The van der Waals surface area contributed by atoms with Crippen LogP contribution in [-0.2, 0) is 0 Å². The van der Waals surface area contributed by atoms with Gasteiger partial charge in [0.1, 0.15) is 0 Å². The molecule has 2 aliphatic heterocycles. The van der Waals surface area contributed by atoms with Crippen molar-refractivity contribution in [1.29, 1.82) is 0 Å². The van der Waals surface area contributed by atoms with Crippen LogP contribution in [0.5, 0.6) is 0 Å². The Bertz CT molecular complexity index is 224. The van der Waals surface area contributed by atoms with Crippen LogP contribution in [0.3, 0.4) is 0 Å². The summed E-state index contributed by atoms with van der Waals surface area (Å²) in [5.41, 5.74) is 0. The van der Waals surface area contributed by atoms with E-state index >= 15 is 0 Å². The van der Waals surface area contributed by atoms with E-state index in [0.29, 0.717) is 12.1 Å². The average Bonchev–Trinajstić information content (AvgIpc) is 2.64. The average molecular weight is 227 g/mol. The van der Waals surface area contributed by atoms with Crippen molar-refractivity contribution in [2.24, 2.45) is 0 Å². The highest BCUT2D eigenvalue weighted by Crippen LogP contribution is 2.13. The number of nitrogens with one attached hydrogen (secondary N) is 1. The van der Waals surface area contributed by atoms with Gasteiger partial charge in [0.05, 0.1) is 6.10 Å². The molecule has 0 spiro atoms. The van der Waals surface area contributed by atoms with Crippen molar-refractivity contribution in [2.75, 3.05) is 39.3 Å². The minimum absolute atomic E-state index is 0.126. The van der Waals surface area contributed by atoms with E-state index < -0.39 is 0 Å². The van der Waals surface area contributed by atoms with Crippen molar-refractivity contribution < 1.29 is 5.11 Å². The first-order valence-corrected chi connectivity index (χ1v) is 6.57. The molecule has 0 aromatic carbocycles. The summed E-state index contributed by atoms with van der Waals surface area (Å²) in [6.45, 7) is 11.1. The molecule has 0 radical (unpaired) electrons. The third-order valence-electron chi connectivity index (χ3n) is 3.93. The number of aliphatic hydroxyl groups is 1. The number of hydrogen-bond acceptors (Lipinski definition) is 4. The number of aliphatic hydroxyl groups excluding tert-OH is 1. The molecule has 0 aromatic heterocycles. The minimum Gasteiger partial charge on any atom is -0.392 e. The Morgan fingerprint density at radius 1 is 1.38 bits per heavy atom. The van der Waals surface area contributed by atoms with E-state index in [4.69, 9.17) is 0 Å². The van der Waals surface area contributed by atoms with Gasteiger partial charge in [0.2, 0.25) is 0 Å². The molecule has 0 bridgehead atoms. The third-order valence-corrected chi connectivity index (χ3v) is 3.93. The molecule has 0 aliphatic carbocycles. The Morgan fingerprint density at radius 2 is 2.19 bits per heavy atom. The molecule has 94 valence electrons. The molecule has 2 saturated heterocycles. The molecule has 2 rings (SSSR count). The van der Waals surface area contributed by atoms with E-state index in [-0.39, 0.29) is 6.10 Å². The summed E-state index contributed by atoms with van der Waals surface area (Å²) >= 11 is 0. The summed E-state index contributed by atoms with van der Waals surface area (Å²) in [5, 5.41) is 12.9. The Hall–Kier alpha value is -0.160. The summed E-state index contributed by atoms with van der Waals surface area (Å²) in [6, 6.07) is 1.17. The van der Waals surface area contributed by atoms with Crippen molar-refractivity contribution in [3.63, 3.8) is 0 Å². The molecule has 0 saturated carbocycles. The van der Waals surface area contributed by atoms with E-state index in [2.05, 4.69) is 29.0 Å². The minimum atomic E-state index is -0.126. The zero-order chi connectivity index (χ0) is 11.5. The van der Waals surface area contributed by atoms with Crippen LogP contribution in [0.25, 0.3) is 0 Å². The van der Waals surface area contributed by atoms with Gasteiger partial charge in [-0.1, -0.05) is 6.92 Å². The van der Waals surface area contributed by atoms with Crippen molar-refractivity contribution in [3.05, 3.63) is 0 Å². The predicted molar refractivity (Wildman–Crippen MR) is 65.6 cm³/mol. The largest absolute Gasteiger partial charge is 0.392 e. The Kier molecular flexibility index (Phi) is 4.19. The lowest BCUT2D eigenvalue weighted by atomic mass is 10.1. The number of rotatable bonds is 3. The van der Waals surface area contributed by atoms with Gasteiger partial charge >= 0.3 is 0 Å². The van der Waals surface area contributed by atoms with E-state index in [9.17, 15) is 5.11 Å². The molecule has 3 unspecified atom stereocenters. The summed E-state index contributed by atoms with van der Waals surface area (Å²) in [6.07, 6.45) is 0.793. The molecule has 3 atom stereocenters. The van der Waals surface area contributed by atoms with Crippen molar-refractivity contribution >= 4 is 0 Å². The predicted octanol–water partition coefficient (Wildman–Crippen LogP) is -0.265. The van der Waals surface area contributed by atoms with E-state index in [1.165, 1.54) is 19.6 Å². The van der Waals surface area contributed by atoms with Gasteiger partial charge in [-0.3, -0.25) is 9.80 Å². The van der Waals surface area contributed by atoms with Gasteiger partial charge in [-0.05, 0) is 19.9 Å². The van der Waals surface area contributed by atoms with Gasteiger partial charge in [0, 0.05) is 44.8 Å². The highest BCUT2D eigenvalue weighted by molar-refractivity contribution is 4.86. The van der Waals surface area contributed by atoms with Crippen molar-refractivity contribution in [1.82, 2.24) is 15.1 Å². The molecule has 4 heteroatoms. The number of piperazine rings is 1. The lowest BCUT2D eigenvalue weighted by Crippen LogP contribution is -2.53. The Balaban J connectivity index is 1.75. The van der Waals surface area contributed by atoms with Gasteiger partial charge in [-0.25, -0.2) is 0 Å².